The molecule has 1 heterocycles. The lowest BCUT2D eigenvalue weighted by Crippen LogP contribution is -1.92. The van der Waals surface area contributed by atoms with Crippen LogP contribution in [0.1, 0.15) is 0 Å². The van der Waals surface area contributed by atoms with E-state index in [1.165, 1.54) is 76.5 Å². The third-order valence-electron chi connectivity index (χ3n) is 9.87. The van der Waals surface area contributed by atoms with Crippen LogP contribution in [0.25, 0.3) is 98.4 Å². The maximum atomic E-state index is 6.15. The molecule has 10 aromatic rings. The summed E-state index contributed by atoms with van der Waals surface area (Å²) in [5.74, 6) is 0. The molecule has 1 heteroatoms. The van der Waals surface area contributed by atoms with Gasteiger partial charge in [0.15, 0.2) is 0 Å². The van der Waals surface area contributed by atoms with Crippen LogP contribution in [0.2, 0.25) is 0 Å². The summed E-state index contributed by atoms with van der Waals surface area (Å²) in [6.45, 7) is 0. The molecule has 0 bridgehead atoms. The maximum absolute atomic E-state index is 6.15. The highest BCUT2D eigenvalue weighted by atomic mass is 16.3. The average molecular weight is 597 g/mol. The quantitative estimate of drug-likeness (QED) is 0.185. The Morgan fingerprint density at radius 2 is 0.723 bits per heavy atom. The van der Waals surface area contributed by atoms with Crippen LogP contribution in [0.5, 0.6) is 0 Å². The van der Waals surface area contributed by atoms with Crippen LogP contribution < -0.4 is 0 Å². The third kappa shape index (κ3) is 3.90. The van der Waals surface area contributed by atoms with Crippen LogP contribution in [-0.4, -0.2) is 0 Å². The summed E-state index contributed by atoms with van der Waals surface area (Å²) < 4.78 is 6.15. The maximum Gasteiger partial charge on any atom is 0.135 e. The topological polar surface area (TPSA) is 13.1 Å². The second-order valence-corrected chi connectivity index (χ2v) is 12.4. The predicted molar refractivity (Wildman–Crippen MR) is 200 cm³/mol. The third-order valence-corrected chi connectivity index (χ3v) is 9.87. The molecule has 0 saturated heterocycles. The van der Waals surface area contributed by atoms with Gasteiger partial charge >= 0.3 is 0 Å². The molecule has 1 nitrogen and oxygen atoms in total. The minimum absolute atomic E-state index is 0.917. The number of fused-ring (bicyclic) bond motifs is 7. The number of hydrogen-bond acceptors (Lipinski definition) is 1. The predicted octanol–water partition coefficient (Wildman–Crippen LogP) is 13.2. The average Bonchev–Trinajstić information content (AvgIpc) is 3.51. The lowest BCUT2D eigenvalue weighted by atomic mass is 9.83. The van der Waals surface area contributed by atoms with Gasteiger partial charge in [-0.2, -0.15) is 0 Å². The van der Waals surface area contributed by atoms with Crippen molar-refractivity contribution in [3.8, 4) is 33.4 Å². The Morgan fingerprint density at radius 1 is 0.277 bits per heavy atom. The van der Waals surface area contributed by atoms with E-state index in [1.54, 1.807) is 0 Å². The summed E-state index contributed by atoms with van der Waals surface area (Å²) in [5.41, 5.74) is 9.33. The first-order chi connectivity index (χ1) is 23.3. The smallest absolute Gasteiger partial charge is 0.135 e. The Balaban J connectivity index is 1.27. The molecular formula is C46H28O. The largest absolute Gasteiger partial charge is 0.456 e. The Morgan fingerprint density at radius 3 is 1.40 bits per heavy atom. The van der Waals surface area contributed by atoms with E-state index >= 15 is 0 Å². The molecule has 0 atom stereocenters. The van der Waals surface area contributed by atoms with E-state index in [4.69, 9.17) is 4.42 Å². The van der Waals surface area contributed by atoms with Gasteiger partial charge in [-0.15, -0.1) is 0 Å². The minimum atomic E-state index is 0.917. The molecule has 1 aromatic heterocycles. The molecular weight excluding hydrogens is 569 g/mol. The Bertz CT molecular complexity index is 2790. The highest BCUT2D eigenvalue weighted by Gasteiger charge is 2.19. The van der Waals surface area contributed by atoms with Crippen molar-refractivity contribution >= 4 is 65.0 Å². The van der Waals surface area contributed by atoms with Gasteiger partial charge in [0, 0.05) is 10.8 Å². The Hall–Kier alpha value is -6.18. The second-order valence-electron chi connectivity index (χ2n) is 12.4. The van der Waals surface area contributed by atoms with E-state index in [2.05, 4.69) is 158 Å². The van der Waals surface area contributed by atoms with Crippen molar-refractivity contribution in [2.24, 2.45) is 0 Å². The van der Waals surface area contributed by atoms with Crippen molar-refractivity contribution in [1.29, 1.82) is 0 Å². The van der Waals surface area contributed by atoms with Gasteiger partial charge in [-0.05, 0) is 94.7 Å². The van der Waals surface area contributed by atoms with Gasteiger partial charge in [0.05, 0.1) is 0 Å². The second kappa shape index (κ2) is 10.2. The summed E-state index contributed by atoms with van der Waals surface area (Å²) in [5, 5.41) is 12.4. The van der Waals surface area contributed by atoms with E-state index in [0.29, 0.717) is 0 Å². The van der Waals surface area contributed by atoms with E-state index in [-0.39, 0.29) is 0 Å². The molecule has 0 spiro atoms. The molecule has 9 aromatic carbocycles. The summed E-state index contributed by atoms with van der Waals surface area (Å²) in [6.07, 6.45) is 0. The minimum Gasteiger partial charge on any atom is -0.456 e. The van der Waals surface area contributed by atoms with E-state index in [9.17, 15) is 0 Å². The normalized spacial score (nSPS) is 11.8. The van der Waals surface area contributed by atoms with Crippen LogP contribution in [0.4, 0.5) is 0 Å². The standard InChI is InChI=1S/C46H28O/c1-2-14-31-29(12-1)13-9-23-36(31)45-38-16-3-5-18-40(38)46(41-19-6-4-17-39(41)45)37-24-11-21-33-32(20-10-22-34(33)37)30-26-27-44-42(28-30)35-15-7-8-25-43(35)47-44/h1-28H. The first kappa shape index (κ1) is 26.1. The molecule has 0 amide bonds. The van der Waals surface area contributed by atoms with Gasteiger partial charge in [-0.25, -0.2) is 0 Å². The Labute approximate surface area is 271 Å². The van der Waals surface area contributed by atoms with Gasteiger partial charge < -0.3 is 4.42 Å². The van der Waals surface area contributed by atoms with Crippen molar-refractivity contribution in [3.05, 3.63) is 170 Å². The summed E-state index contributed by atoms with van der Waals surface area (Å²) in [6, 6.07) is 61.7. The molecule has 0 N–H and O–H groups in total. The van der Waals surface area contributed by atoms with Gasteiger partial charge in [0.2, 0.25) is 0 Å². The number of furan rings is 1. The fraction of sp³-hybridized carbons (Fsp3) is 0. The van der Waals surface area contributed by atoms with Crippen LogP contribution >= 0.6 is 0 Å². The first-order valence-corrected chi connectivity index (χ1v) is 16.2. The fourth-order valence-electron chi connectivity index (χ4n) is 7.83. The van der Waals surface area contributed by atoms with Crippen molar-refractivity contribution < 1.29 is 4.42 Å². The highest BCUT2D eigenvalue weighted by Crippen LogP contribution is 2.47. The monoisotopic (exact) mass is 596 g/mol. The summed E-state index contributed by atoms with van der Waals surface area (Å²) in [4.78, 5) is 0. The molecule has 0 radical (unpaired) electrons. The lowest BCUT2D eigenvalue weighted by molar-refractivity contribution is 0.669. The van der Waals surface area contributed by atoms with Gasteiger partial charge in [0.1, 0.15) is 11.2 Å². The first-order valence-electron chi connectivity index (χ1n) is 16.2. The SMILES string of the molecule is c1ccc2c(-c3c4ccccc4c(-c4cccc5c(-c6ccc7oc8ccccc8c7c6)cccc45)c4ccccc34)cccc2c1. The molecule has 0 fully saturated rings. The summed E-state index contributed by atoms with van der Waals surface area (Å²) in [7, 11) is 0. The van der Waals surface area contributed by atoms with Crippen LogP contribution in [0, 0.1) is 0 Å². The van der Waals surface area contributed by atoms with Gasteiger partial charge in [-0.1, -0.05) is 152 Å². The van der Waals surface area contributed by atoms with Crippen molar-refractivity contribution in [3.63, 3.8) is 0 Å². The molecule has 10 rings (SSSR count). The zero-order valence-electron chi connectivity index (χ0n) is 25.6. The van der Waals surface area contributed by atoms with E-state index in [0.717, 1.165) is 21.9 Å². The van der Waals surface area contributed by atoms with E-state index < -0.39 is 0 Å². The summed E-state index contributed by atoms with van der Waals surface area (Å²) >= 11 is 0. The van der Waals surface area contributed by atoms with Crippen molar-refractivity contribution in [2.45, 2.75) is 0 Å². The van der Waals surface area contributed by atoms with Crippen LogP contribution in [-0.2, 0) is 0 Å². The van der Waals surface area contributed by atoms with Crippen molar-refractivity contribution in [2.75, 3.05) is 0 Å². The zero-order chi connectivity index (χ0) is 30.9. The lowest BCUT2D eigenvalue weighted by Gasteiger charge is -2.20. The molecule has 0 saturated carbocycles. The molecule has 47 heavy (non-hydrogen) atoms. The molecule has 218 valence electrons. The van der Waals surface area contributed by atoms with Crippen LogP contribution in [0.3, 0.4) is 0 Å². The fourth-order valence-corrected chi connectivity index (χ4v) is 7.83. The van der Waals surface area contributed by atoms with Gasteiger partial charge in [-0.3, -0.25) is 0 Å². The van der Waals surface area contributed by atoms with E-state index in [1.807, 2.05) is 12.1 Å². The number of para-hydroxylation sites is 1. The Kier molecular flexibility index (Phi) is 5.64. The molecule has 0 aliphatic rings. The highest BCUT2D eigenvalue weighted by molar-refractivity contribution is 6.25. The number of hydrogen-bond donors (Lipinski definition) is 0. The number of benzene rings is 9. The van der Waals surface area contributed by atoms with Crippen LogP contribution in [0.15, 0.2) is 174 Å². The van der Waals surface area contributed by atoms with Gasteiger partial charge in [0.25, 0.3) is 0 Å². The zero-order valence-corrected chi connectivity index (χ0v) is 25.6. The molecule has 0 aliphatic carbocycles. The van der Waals surface area contributed by atoms with Crippen molar-refractivity contribution in [1.82, 2.24) is 0 Å². The number of rotatable bonds is 3. The molecule has 0 aliphatic heterocycles. The molecule has 0 unspecified atom stereocenters.